The van der Waals surface area contributed by atoms with E-state index in [-0.39, 0.29) is 21.9 Å². The minimum absolute atomic E-state index is 0.0988. The lowest BCUT2D eigenvalue weighted by Gasteiger charge is -2.31. The summed E-state index contributed by atoms with van der Waals surface area (Å²) in [6.07, 6.45) is 4.29. The lowest BCUT2D eigenvalue weighted by Crippen LogP contribution is -2.39. The number of nitrogens with zero attached hydrogens (tertiary/aromatic N) is 1. The average Bonchev–Trinajstić information content (AvgIpc) is 2.63. The Morgan fingerprint density at radius 1 is 0.960 bits per heavy atom. The van der Waals surface area contributed by atoms with Crippen molar-refractivity contribution in [3.63, 3.8) is 0 Å². The van der Waals surface area contributed by atoms with Crippen LogP contribution in [0.2, 0.25) is 0 Å². The largest absolute Gasteiger partial charge is 0.287 e. The molecule has 0 fully saturated rings. The number of carbonyl (C=O) groups excluding carboxylic acids is 1. The first-order valence-corrected chi connectivity index (χ1v) is 9.93. The number of Topliss-reactive ketones (excluding diaryl/α,β-unsaturated/α-hetero) is 1. The van der Waals surface area contributed by atoms with Gasteiger partial charge in [0.25, 0.3) is 10.0 Å². The van der Waals surface area contributed by atoms with Crippen LogP contribution in [0.4, 0.5) is 0 Å². The van der Waals surface area contributed by atoms with Gasteiger partial charge in [-0.25, -0.2) is 8.42 Å². The SMILES string of the molecule is CCCCCN1/C(=C/c2ccccc2)C(=O)c2ccccc2S1(=O)=O. The first-order valence-electron chi connectivity index (χ1n) is 8.49. The fourth-order valence-corrected chi connectivity index (χ4v) is 4.66. The minimum Gasteiger partial charge on any atom is -0.287 e. The van der Waals surface area contributed by atoms with Crippen LogP contribution in [0.15, 0.2) is 65.2 Å². The molecule has 0 atom stereocenters. The molecule has 3 rings (SSSR count). The van der Waals surface area contributed by atoms with Gasteiger partial charge in [-0.3, -0.25) is 9.10 Å². The molecule has 0 N–H and O–H groups in total. The summed E-state index contributed by atoms with van der Waals surface area (Å²) in [4.78, 5) is 13.1. The van der Waals surface area contributed by atoms with E-state index in [1.807, 2.05) is 30.3 Å². The van der Waals surface area contributed by atoms with Crippen molar-refractivity contribution in [3.8, 4) is 0 Å². The number of allylic oxidation sites excluding steroid dienone is 1. The Morgan fingerprint density at radius 3 is 2.36 bits per heavy atom. The molecule has 0 radical (unpaired) electrons. The fraction of sp³-hybridized carbons (Fsp3) is 0.250. The van der Waals surface area contributed by atoms with Gasteiger partial charge in [-0.05, 0) is 30.2 Å². The summed E-state index contributed by atoms with van der Waals surface area (Å²) in [7, 11) is -3.72. The first kappa shape index (κ1) is 17.4. The molecule has 0 bridgehead atoms. The van der Waals surface area contributed by atoms with Gasteiger partial charge in [0.05, 0.1) is 4.90 Å². The summed E-state index contributed by atoms with van der Waals surface area (Å²) in [5.41, 5.74) is 1.28. The van der Waals surface area contributed by atoms with Crippen molar-refractivity contribution in [2.75, 3.05) is 6.54 Å². The molecule has 130 valence electrons. The Balaban J connectivity index is 2.13. The van der Waals surface area contributed by atoms with Crippen LogP contribution in [0, 0.1) is 0 Å². The topological polar surface area (TPSA) is 54.5 Å². The van der Waals surface area contributed by atoms with E-state index in [4.69, 9.17) is 0 Å². The quantitative estimate of drug-likeness (QED) is 0.599. The van der Waals surface area contributed by atoms with Crippen LogP contribution in [-0.2, 0) is 10.0 Å². The van der Waals surface area contributed by atoms with Crippen LogP contribution >= 0.6 is 0 Å². The highest BCUT2D eigenvalue weighted by molar-refractivity contribution is 7.89. The Kier molecular flexibility index (Phi) is 5.04. The smallest absolute Gasteiger partial charge is 0.265 e. The van der Waals surface area contributed by atoms with Crippen molar-refractivity contribution in [1.82, 2.24) is 4.31 Å². The minimum atomic E-state index is -3.72. The highest BCUT2D eigenvalue weighted by Crippen LogP contribution is 2.33. The maximum absolute atomic E-state index is 13.1. The lowest BCUT2D eigenvalue weighted by atomic mass is 10.0. The zero-order chi connectivity index (χ0) is 17.9. The van der Waals surface area contributed by atoms with E-state index in [1.54, 1.807) is 24.3 Å². The number of unbranched alkanes of at least 4 members (excludes halogenated alkanes) is 2. The van der Waals surface area contributed by atoms with Crippen LogP contribution in [0.25, 0.3) is 6.08 Å². The third-order valence-corrected chi connectivity index (χ3v) is 6.14. The average molecular weight is 355 g/mol. The molecule has 0 saturated carbocycles. The Hall–Kier alpha value is -2.40. The van der Waals surface area contributed by atoms with Gasteiger partial charge in [-0.15, -0.1) is 0 Å². The molecule has 1 aliphatic heterocycles. The predicted molar refractivity (Wildman–Crippen MR) is 98.6 cm³/mol. The summed E-state index contributed by atoms with van der Waals surface area (Å²) < 4.78 is 27.4. The number of fused-ring (bicyclic) bond motifs is 1. The highest BCUT2D eigenvalue weighted by atomic mass is 32.2. The van der Waals surface area contributed by atoms with Crippen LogP contribution < -0.4 is 0 Å². The van der Waals surface area contributed by atoms with Crippen LogP contribution in [0.3, 0.4) is 0 Å². The van der Waals surface area contributed by atoms with Gasteiger partial charge in [0, 0.05) is 12.1 Å². The van der Waals surface area contributed by atoms with Crippen molar-refractivity contribution < 1.29 is 13.2 Å². The van der Waals surface area contributed by atoms with Gasteiger partial charge in [0.1, 0.15) is 5.70 Å². The molecule has 25 heavy (non-hydrogen) atoms. The number of carbonyl (C=O) groups is 1. The molecule has 1 heterocycles. The summed E-state index contributed by atoms with van der Waals surface area (Å²) >= 11 is 0. The van der Waals surface area contributed by atoms with E-state index >= 15 is 0 Å². The molecule has 0 aliphatic carbocycles. The van der Waals surface area contributed by atoms with Crippen LogP contribution in [0.5, 0.6) is 0 Å². The Bertz CT molecular complexity index is 902. The van der Waals surface area contributed by atoms with Crippen LogP contribution in [-0.4, -0.2) is 25.1 Å². The molecule has 5 heteroatoms. The third-order valence-electron chi connectivity index (χ3n) is 4.27. The zero-order valence-corrected chi connectivity index (χ0v) is 15.0. The van der Waals surface area contributed by atoms with E-state index in [9.17, 15) is 13.2 Å². The van der Waals surface area contributed by atoms with E-state index < -0.39 is 10.0 Å². The zero-order valence-electron chi connectivity index (χ0n) is 14.2. The Labute approximate surface area is 148 Å². The summed E-state index contributed by atoms with van der Waals surface area (Å²) in [5, 5.41) is 0. The number of rotatable bonds is 5. The van der Waals surface area contributed by atoms with Gasteiger partial charge in [-0.2, -0.15) is 0 Å². The van der Waals surface area contributed by atoms with Gasteiger partial charge in [0.15, 0.2) is 0 Å². The normalized spacial score (nSPS) is 17.6. The van der Waals surface area contributed by atoms with Crippen molar-refractivity contribution in [2.24, 2.45) is 0 Å². The van der Waals surface area contributed by atoms with Gasteiger partial charge >= 0.3 is 0 Å². The van der Waals surface area contributed by atoms with Crippen LogP contribution in [0.1, 0.15) is 42.1 Å². The molecule has 0 unspecified atom stereocenters. The van der Waals surface area contributed by atoms with Gasteiger partial charge in [0.2, 0.25) is 5.78 Å². The first-order chi connectivity index (χ1) is 12.1. The molecule has 0 aromatic heterocycles. The monoisotopic (exact) mass is 355 g/mol. The molecule has 0 saturated heterocycles. The standard InChI is InChI=1S/C20H21NO3S/c1-2-3-9-14-21-18(15-16-10-5-4-6-11-16)20(22)17-12-7-8-13-19(17)25(21,23)24/h4-8,10-13,15H,2-3,9,14H2,1H3/b18-15+. The van der Waals surface area contributed by atoms with E-state index in [1.165, 1.54) is 10.4 Å². The van der Waals surface area contributed by atoms with Crippen molar-refractivity contribution in [1.29, 1.82) is 0 Å². The number of sulfonamides is 1. The number of ketones is 1. The molecular formula is C20H21NO3S. The molecule has 2 aromatic carbocycles. The summed E-state index contributed by atoms with van der Waals surface area (Å²) in [6, 6.07) is 15.8. The second-order valence-electron chi connectivity index (χ2n) is 6.05. The van der Waals surface area contributed by atoms with E-state index in [2.05, 4.69) is 6.92 Å². The van der Waals surface area contributed by atoms with Gasteiger partial charge in [-0.1, -0.05) is 62.2 Å². The number of benzene rings is 2. The maximum atomic E-state index is 13.1. The lowest BCUT2D eigenvalue weighted by molar-refractivity contribution is 0.100. The summed E-state index contributed by atoms with van der Waals surface area (Å²) in [5.74, 6) is -0.245. The van der Waals surface area contributed by atoms with Crippen molar-refractivity contribution in [2.45, 2.75) is 31.1 Å². The third kappa shape index (κ3) is 3.37. The molecule has 4 nitrogen and oxygen atoms in total. The molecule has 0 amide bonds. The Morgan fingerprint density at radius 2 is 1.64 bits per heavy atom. The molecular weight excluding hydrogens is 334 g/mol. The summed E-state index contributed by atoms with van der Waals surface area (Å²) in [6.45, 7) is 2.38. The highest BCUT2D eigenvalue weighted by Gasteiger charge is 2.38. The van der Waals surface area contributed by atoms with E-state index in [0.717, 1.165) is 24.8 Å². The number of hydrogen-bond donors (Lipinski definition) is 0. The molecule has 2 aromatic rings. The second kappa shape index (κ2) is 7.23. The van der Waals surface area contributed by atoms with Gasteiger partial charge < -0.3 is 0 Å². The number of hydrogen-bond acceptors (Lipinski definition) is 3. The van der Waals surface area contributed by atoms with Crippen molar-refractivity contribution >= 4 is 21.9 Å². The molecule has 0 spiro atoms. The second-order valence-corrected chi connectivity index (χ2v) is 7.88. The maximum Gasteiger partial charge on any atom is 0.265 e. The van der Waals surface area contributed by atoms with Crippen molar-refractivity contribution in [3.05, 3.63) is 71.4 Å². The molecule has 1 aliphatic rings. The van der Waals surface area contributed by atoms with E-state index in [0.29, 0.717) is 6.54 Å². The fourth-order valence-electron chi connectivity index (χ4n) is 2.97. The predicted octanol–water partition coefficient (Wildman–Crippen LogP) is 4.10.